The normalized spacial score (nSPS) is 10.8. The number of hydrogen-bond acceptors (Lipinski definition) is 3. The van der Waals surface area contributed by atoms with Gasteiger partial charge < -0.3 is 15.9 Å². The summed E-state index contributed by atoms with van der Waals surface area (Å²) < 4.78 is 5.85. The van der Waals surface area contributed by atoms with E-state index in [1.807, 2.05) is 12.1 Å². The van der Waals surface area contributed by atoms with Gasteiger partial charge in [-0.1, -0.05) is 18.2 Å². The molecule has 0 atom stereocenters. The molecule has 0 aliphatic heterocycles. The van der Waals surface area contributed by atoms with Crippen molar-refractivity contribution in [1.29, 1.82) is 0 Å². The van der Waals surface area contributed by atoms with Crippen LogP contribution in [-0.4, -0.2) is 13.1 Å². The zero-order valence-electron chi connectivity index (χ0n) is 11.3. The predicted molar refractivity (Wildman–Crippen MR) is 78.9 cm³/mol. The second-order valence-electron chi connectivity index (χ2n) is 4.75. The van der Waals surface area contributed by atoms with Crippen molar-refractivity contribution in [1.82, 2.24) is 0 Å². The summed E-state index contributed by atoms with van der Waals surface area (Å²) in [5.74, 6) is 1.94. The molecule has 1 aromatic carbocycles. The second kappa shape index (κ2) is 7.12. The van der Waals surface area contributed by atoms with Gasteiger partial charge in [-0.05, 0) is 56.1 Å². The fourth-order valence-electron chi connectivity index (χ4n) is 2.13. The molecule has 0 radical (unpaired) electrons. The highest BCUT2D eigenvalue weighted by molar-refractivity contribution is 5.58. The number of hydrogen-bond donors (Lipinski definition) is 2. The van der Waals surface area contributed by atoms with E-state index < -0.39 is 0 Å². The van der Waals surface area contributed by atoms with Crippen molar-refractivity contribution in [3.05, 3.63) is 47.7 Å². The SMILES string of the molecule is NCCCc1cccc(-c2ccc(CCCN)o2)c1. The number of rotatable bonds is 7. The Morgan fingerprint density at radius 2 is 1.68 bits per heavy atom. The van der Waals surface area contributed by atoms with E-state index in [-0.39, 0.29) is 0 Å². The largest absolute Gasteiger partial charge is 0.461 e. The minimum absolute atomic E-state index is 0.699. The molecule has 1 heterocycles. The first-order chi connectivity index (χ1) is 9.33. The average molecular weight is 258 g/mol. The lowest BCUT2D eigenvalue weighted by atomic mass is 10.1. The summed E-state index contributed by atoms with van der Waals surface area (Å²) in [6.45, 7) is 1.43. The van der Waals surface area contributed by atoms with Crippen molar-refractivity contribution in [3.63, 3.8) is 0 Å². The minimum atomic E-state index is 0.699. The monoisotopic (exact) mass is 258 g/mol. The third-order valence-corrected chi connectivity index (χ3v) is 3.17. The average Bonchev–Trinajstić information content (AvgIpc) is 2.92. The molecule has 0 saturated carbocycles. The Morgan fingerprint density at radius 3 is 2.47 bits per heavy atom. The minimum Gasteiger partial charge on any atom is -0.461 e. The predicted octanol–water partition coefficient (Wildman–Crippen LogP) is 2.73. The molecule has 0 fully saturated rings. The van der Waals surface area contributed by atoms with Gasteiger partial charge in [-0.25, -0.2) is 0 Å². The highest BCUT2D eigenvalue weighted by Gasteiger charge is 2.05. The number of benzene rings is 1. The zero-order chi connectivity index (χ0) is 13.5. The Balaban J connectivity index is 2.10. The Hall–Kier alpha value is -1.58. The molecule has 4 N–H and O–H groups in total. The third kappa shape index (κ3) is 3.94. The summed E-state index contributed by atoms with van der Waals surface area (Å²) in [5, 5.41) is 0. The van der Waals surface area contributed by atoms with Gasteiger partial charge in [0.05, 0.1) is 0 Å². The molecule has 0 aliphatic carbocycles. The van der Waals surface area contributed by atoms with Gasteiger partial charge in [0, 0.05) is 12.0 Å². The molecular formula is C16H22N2O. The van der Waals surface area contributed by atoms with Gasteiger partial charge >= 0.3 is 0 Å². The highest BCUT2D eigenvalue weighted by atomic mass is 16.3. The van der Waals surface area contributed by atoms with Crippen LogP contribution in [0.25, 0.3) is 11.3 Å². The standard InChI is InChI=1S/C16H22N2O/c17-10-2-5-13-4-1-6-14(12-13)16-9-8-15(19-16)7-3-11-18/h1,4,6,8-9,12H,2-3,5,7,10-11,17-18H2. The number of furan rings is 1. The molecule has 0 aliphatic rings. The van der Waals surface area contributed by atoms with Gasteiger partial charge in [-0.2, -0.15) is 0 Å². The maximum atomic E-state index is 5.85. The first-order valence-electron chi connectivity index (χ1n) is 6.91. The molecule has 102 valence electrons. The van der Waals surface area contributed by atoms with Crippen LogP contribution in [0.5, 0.6) is 0 Å². The van der Waals surface area contributed by atoms with Crippen LogP contribution in [0.3, 0.4) is 0 Å². The quantitative estimate of drug-likeness (QED) is 0.802. The summed E-state index contributed by atoms with van der Waals surface area (Å²) in [6, 6.07) is 12.5. The van der Waals surface area contributed by atoms with E-state index in [2.05, 4.69) is 24.3 Å². The zero-order valence-corrected chi connectivity index (χ0v) is 11.3. The van der Waals surface area contributed by atoms with Crippen molar-refractivity contribution in [2.45, 2.75) is 25.7 Å². The van der Waals surface area contributed by atoms with Gasteiger partial charge in [-0.15, -0.1) is 0 Å². The van der Waals surface area contributed by atoms with Gasteiger partial charge in [-0.3, -0.25) is 0 Å². The van der Waals surface area contributed by atoms with Crippen molar-refractivity contribution in [2.75, 3.05) is 13.1 Å². The molecule has 3 heteroatoms. The lowest BCUT2D eigenvalue weighted by Gasteiger charge is -2.03. The van der Waals surface area contributed by atoms with E-state index in [0.717, 1.165) is 49.3 Å². The topological polar surface area (TPSA) is 65.2 Å². The van der Waals surface area contributed by atoms with Gasteiger partial charge in [0.2, 0.25) is 0 Å². The molecule has 0 spiro atoms. The fourth-order valence-corrected chi connectivity index (χ4v) is 2.13. The third-order valence-electron chi connectivity index (χ3n) is 3.17. The highest BCUT2D eigenvalue weighted by Crippen LogP contribution is 2.24. The smallest absolute Gasteiger partial charge is 0.134 e. The molecule has 0 unspecified atom stereocenters. The Kier molecular flexibility index (Phi) is 5.19. The van der Waals surface area contributed by atoms with Crippen molar-refractivity contribution >= 4 is 0 Å². The first-order valence-corrected chi connectivity index (χ1v) is 6.91. The molecule has 1 aromatic heterocycles. The van der Waals surface area contributed by atoms with Crippen LogP contribution in [0.15, 0.2) is 40.8 Å². The van der Waals surface area contributed by atoms with Crippen LogP contribution < -0.4 is 11.5 Å². The van der Waals surface area contributed by atoms with Gasteiger partial charge in [0.15, 0.2) is 0 Å². The lowest BCUT2D eigenvalue weighted by Crippen LogP contribution is -2.00. The van der Waals surface area contributed by atoms with Crippen LogP contribution in [0.2, 0.25) is 0 Å². The number of nitrogens with two attached hydrogens (primary N) is 2. The molecule has 3 nitrogen and oxygen atoms in total. The summed E-state index contributed by atoms with van der Waals surface area (Å²) in [4.78, 5) is 0. The van der Waals surface area contributed by atoms with E-state index in [1.54, 1.807) is 0 Å². The summed E-state index contributed by atoms with van der Waals surface area (Å²) in [5.41, 5.74) is 13.5. The van der Waals surface area contributed by atoms with E-state index in [9.17, 15) is 0 Å². The summed E-state index contributed by atoms with van der Waals surface area (Å²) in [6.07, 6.45) is 3.90. The maximum absolute atomic E-state index is 5.85. The Bertz CT molecular complexity index is 505. The van der Waals surface area contributed by atoms with Crippen molar-refractivity contribution in [2.24, 2.45) is 11.5 Å². The van der Waals surface area contributed by atoms with Crippen LogP contribution in [0.1, 0.15) is 24.2 Å². The molecule has 0 saturated heterocycles. The van der Waals surface area contributed by atoms with E-state index in [0.29, 0.717) is 6.54 Å². The summed E-state index contributed by atoms with van der Waals surface area (Å²) in [7, 11) is 0. The molecule has 2 rings (SSSR count). The molecular weight excluding hydrogens is 236 g/mol. The molecule has 0 amide bonds. The van der Waals surface area contributed by atoms with Gasteiger partial charge in [0.1, 0.15) is 11.5 Å². The van der Waals surface area contributed by atoms with Crippen LogP contribution in [0, 0.1) is 0 Å². The molecule has 19 heavy (non-hydrogen) atoms. The maximum Gasteiger partial charge on any atom is 0.134 e. The van der Waals surface area contributed by atoms with E-state index >= 15 is 0 Å². The van der Waals surface area contributed by atoms with Crippen LogP contribution in [-0.2, 0) is 12.8 Å². The lowest BCUT2D eigenvalue weighted by molar-refractivity contribution is 0.515. The Morgan fingerprint density at radius 1 is 0.895 bits per heavy atom. The van der Waals surface area contributed by atoms with E-state index in [4.69, 9.17) is 15.9 Å². The van der Waals surface area contributed by atoms with Crippen LogP contribution >= 0.6 is 0 Å². The molecule has 0 bridgehead atoms. The van der Waals surface area contributed by atoms with Crippen molar-refractivity contribution in [3.8, 4) is 11.3 Å². The number of aryl methyl sites for hydroxylation is 2. The Labute approximate surface area is 114 Å². The summed E-state index contributed by atoms with van der Waals surface area (Å²) >= 11 is 0. The van der Waals surface area contributed by atoms with E-state index in [1.165, 1.54) is 5.56 Å². The van der Waals surface area contributed by atoms with Gasteiger partial charge in [0.25, 0.3) is 0 Å². The van der Waals surface area contributed by atoms with Crippen LogP contribution in [0.4, 0.5) is 0 Å². The first kappa shape index (κ1) is 13.8. The second-order valence-corrected chi connectivity index (χ2v) is 4.75. The molecule has 2 aromatic rings. The fraction of sp³-hybridized carbons (Fsp3) is 0.375. The van der Waals surface area contributed by atoms with Crippen molar-refractivity contribution < 1.29 is 4.42 Å².